The summed E-state index contributed by atoms with van der Waals surface area (Å²) >= 11 is 0. The maximum atomic E-state index is 11.5. The average molecular weight is 500 g/mol. The molecule has 2 spiro atoms. The van der Waals surface area contributed by atoms with E-state index in [-0.39, 0.29) is 27.3 Å². The van der Waals surface area contributed by atoms with Gasteiger partial charge in [-0.15, -0.1) is 0 Å². The van der Waals surface area contributed by atoms with Crippen molar-refractivity contribution in [2.45, 2.75) is 81.5 Å². The summed E-state index contributed by atoms with van der Waals surface area (Å²) in [4.78, 5) is 4.38. The Hall–Kier alpha value is -2.05. The Morgan fingerprint density at radius 2 is 1.95 bits per heavy atom. The van der Waals surface area contributed by atoms with Crippen LogP contribution in [0, 0.1) is 11.3 Å². The fourth-order valence-electron chi connectivity index (χ4n) is 9.68. The van der Waals surface area contributed by atoms with Crippen molar-refractivity contribution in [1.29, 1.82) is 0 Å². The second-order valence-electron chi connectivity index (χ2n) is 13.1. The number of hydrogen-bond acceptors (Lipinski definition) is 4. The largest absolute Gasteiger partial charge is 0.370 e. The van der Waals surface area contributed by atoms with Crippen LogP contribution in [0.1, 0.15) is 69.8 Å². The SMILES string of the molecule is C[C@]12CC=C3C=C4CC[C@@H]([N+]5(O)CCOCC5)C[C@]45CC[C@]3(O5)[C@@H]1CC[C@@H]2c1ccc2ccncc2c1. The lowest BCUT2D eigenvalue weighted by Crippen LogP contribution is -2.63. The molecule has 0 radical (unpaired) electrons. The minimum Gasteiger partial charge on any atom is -0.370 e. The molecule has 6 aliphatic rings. The predicted octanol–water partition coefficient (Wildman–Crippen LogP) is 6.08. The smallest absolute Gasteiger partial charge is 0.132 e. The second-order valence-corrected chi connectivity index (χ2v) is 13.1. The minimum absolute atomic E-state index is 0.156. The highest BCUT2D eigenvalue weighted by molar-refractivity contribution is 5.82. The standard InChI is InChI=1S/C32H39N2O3/c1-30-10-8-26-19-25-4-5-27(34(35)14-16-36-17-15-34)20-31(25)11-12-32(26,37-31)29(30)7-6-28(30)23-3-2-22-9-13-33-21-24(22)18-23/h2-3,8-9,13,18-19,21,27-29,35H,4-7,10-12,14-17,20H2,1H3/q+1/t27-,28-,29-,30-,31-,32-/m1/s1. The molecule has 194 valence electrons. The van der Waals surface area contributed by atoms with Gasteiger partial charge >= 0.3 is 0 Å². The van der Waals surface area contributed by atoms with E-state index in [0.29, 0.717) is 38.1 Å². The highest BCUT2D eigenvalue weighted by Gasteiger charge is 2.67. The van der Waals surface area contributed by atoms with Gasteiger partial charge in [-0.2, -0.15) is 4.65 Å². The predicted molar refractivity (Wildman–Crippen MR) is 142 cm³/mol. The zero-order valence-corrected chi connectivity index (χ0v) is 22.0. The normalized spacial score (nSPS) is 41.9. The molecule has 0 amide bonds. The van der Waals surface area contributed by atoms with Crippen LogP contribution in [-0.4, -0.2) is 58.4 Å². The fourth-order valence-corrected chi connectivity index (χ4v) is 9.68. The highest BCUT2D eigenvalue weighted by Crippen LogP contribution is 2.69. The number of morpholine rings is 1. The summed E-state index contributed by atoms with van der Waals surface area (Å²) in [6, 6.07) is 9.40. The first-order valence-electron chi connectivity index (χ1n) is 14.6. The molecule has 2 saturated heterocycles. The van der Waals surface area contributed by atoms with Crippen LogP contribution in [0.15, 0.2) is 60.0 Å². The molecule has 6 atom stereocenters. The molecule has 3 aliphatic carbocycles. The van der Waals surface area contributed by atoms with Gasteiger partial charge in [0.05, 0.1) is 24.4 Å². The number of quaternary nitrogens is 1. The van der Waals surface area contributed by atoms with Crippen LogP contribution in [0.3, 0.4) is 0 Å². The van der Waals surface area contributed by atoms with Gasteiger partial charge in [0.2, 0.25) is 0 Å². The van der Waals surface area contributed by atoms with Crippen molar-refractivity contribution in [3.05, 3.63) is 65.5 Å². The summed E-state index contributed by atoms with van der Waals surface area (Å²) in [5.74, 6) is 1.08. The lowest BCUT2D eigenvalue weighted by Gasteiger charge is -2.55. The van der Waals surface area contributed by atoms with Gasteiger partial charge in [-0.25, -0.2) is 5.21 Å². The molecule has 4 heterocycles. The first-order valence-corrected chi connectivity index (χ1v) is 14.6. The van der Waals surface area contributed by atoms with E-state index >= 15 is 0 Å². The van der Waals surface area contributed by atoms with Crippen molar-refractivity contribution in [2.24, 2.45) is 11.3 Å². The molecular formula is C32H39N2O3+. The van der Waals surface area contributed by atoms with Crippen molar-refractivity contribution < 1.29 is 19.3 Å². The summed E-state index contributed by atoms with van der Waals surface area (Å²) in [5.41, 5.74) is 4.30. The number of rotatable bonds is 2. The summed E-state index contributed by atoms with van der Waals surface area (Å²) in [7, 11) is 0. The van der Waals surface area contributed by atoms with Gasteiger partial charge in [0.15, 0.2) is 0 Å². The van der Waals surface area contributed by atoms with E-state index in [9.17, 15) is 5.21 Å². The number of nitrogens with zero attached hydrogens (tertiary/aromatic N) is 2. The number of pyridine rings is 1. The molecule has 8 rings (SSSR count). The van der Waals surface area contributed by atoms with E-state index in [1.807, 2.05) is 12.4 Å². The Balaban J connectivity index is 1.14. The first kappa shape index (κ1) is 22.9. The van der Waals surface area contributed by atoms with Crippen molar-refractivity contribution in [1.82, 2.24) is 4.98 Å². The molecule has 2 saturated carbocycles. The zero-order valence-electron chi connectivity index (χ0n) is 22.0. The molecule has 3 aliphatic heterocycles. The molecule has 0 unspecified atom stereocenters. The zero-order chi connectivity index (χ0) is 24.9. The third-order valence-electron chi connectivity index (χ3n) is 11.6. The van der Waals surface area contributed by atoms with Crippen LogP contribution < -0.4 is 0 Å². The lowest BCUT2D eigenvalue weighted by molar-refractivity contribution is -1.12. The number of hydrogen-bond donors (Lipinski definition) is 1. The van der Waals surface area contributed by atoms with Gasteiger partial charge < -0.3 is 9.47 Å². The summed E-state index contributed by atoms with van der Waals surface area (Å²) in [6.07, 6.45) is 17.8. The van der Waals surface area contributed by atoms with E-state index in [4.69, 9.17) is 9.47 Å². The Bertz CT molecular complexity index is 1330. The number of aromatic nitrogens is 1. The van der Waals surface area contributed by atoms with Crippen LogP contribution in [0.25, 0.3) is 10.8 Å². The van der Waals surface area contributed by atoms with Gasteiger partial charge in [0.1, 0.15) is 19.1 Å². The third kappa shape index (κ3) is 3.09. The summed E-state index contributed by atoms with van der Waals surface area (Å²) < 4.78 is 13.2. The number of allylic oxidation sites excluding steroid dienone is 1. The molecule has 1 N–H and O–H groups in total. The Morgan fingerprint density at radius 3 is 2.84 bits per heavy atom. The topological polar surface area (TPSA) is 51.6 Å². The minimum atomic E-state index is -0.183. The van der Waals surface area contributed by atoms with E-state index < -0.39 is 0 Å². The van der Waals surface area contributed by atoms with E-state index in [1.165, 1.54) is 40.3 Å². The van der Waals surface area contributed by atoms with Crippen molar-refractivity contribution in [3.8, 4) is 0 Å². The maximum Gasteiger partial charge on any atom is 0.132 e. The summed E-state index contributed by atoms with van der Waals surface area (Å²) in [6.45, 7) is 5.28. The third-order valence-corrected chi connectivity index (χ3v) is 11.6. The number of benzene rings is 1. The maximum absolute atomic E-state index is 11.5. The highest BCUT2D eigenvalue weighted by atomic mass is 16.6. The molecule has 5 heteroatoms. The van der Waals surface area contributed by atoms with Crippen molar-refractivity contribution in [3.63, 3.8) is 0 Å². The Kier molecular flexibility index (Phi) is 4.80. The van der Waals surface area contributed by atoms with E-state index in [1.54, 1.807) is 0 Å². The van der Waals surface area contributed by atoms with Crippen LogP contribution >= 0.6 is 0 Å². The quantitative estimate of drug-likeness (QED) is 0.509. The number of fused-ring (bicyclic) bond motifs is 2. The molecule has 37 heavy (non-hydrogen) atoms. The number of hydroxylamine groups is 3. The second kappa shape index (κ2) is 7.75. The summed E-state index contributed by atoms with van der Waals surface area (Å²) in [5, 5.41) is 14.0. The van der Waals surface area contributed by atoms with E-state index in [2.05, 4.69) is 48.3 Å². The first-order chi connectivity index (χ1) is 17.9. The number of ether oxygens (including phenoxy) is 2. The van der Waals surface area contributed by atoms with Crippen LogP contribution in [0.5, 0.6) is 0 Å². The molecule has 1 aromatic heterocycles. The molecule has 1 aromatic carbocycles. The molecular weight excluding hydrogens is 460 g/mol. The van der Waals surface area contributed by atoms with Gasteiger partial charge in [-0.05, 0) is 90.0 Å². The monoisotopic (exact) mass is 499 g/mol. The molecule has 5 nitrogen and oxygen atoms in total. The average Bonchev–Trinajstić information content (AvgIpc) is 3.43. The lowest BCUT2D eigenvalue weighted by atomic mass is 9.58. The molecule has 4 fully saturated rings. The Labute approximate surface area is 219 Å². The molecule has 2 aromatic rings. The van der Waals surface area contributed by atoms with Gasteiger partial charge in [-0.1, -0.05) is 31.2 Å². The van der Waals surface area contributed by atoms with Gasteiger partial charge in [-0.3, -0.25) is 4.98 Å². The van der Waals surface area contributed by atoms with Gasteiger partial charge in [0.25, 0.3) is 0 Å². The van der Waals surface area contributed by atoms with Crippen molar-refractivity contribution in [2.75, 3.05) is 26.3 Å². The fraction of sp³-hybridized carbons (Fsp3) is 0.594. The van der Waals surface area contributed by atoms with Crippen LogP contribution in [0.4, 0.5) is 0 Å². The van der Waals surface area contributed by atoms with Crippen molar-refractivity contribution >= 4 is 10.8 Å². The van der Waals surface area contributed by atoms with E-state index in [0.717, 1.165) is 38.5 Å². The van der Waals surface area contributed by atoms with Crippen LogP contribution in [-0.2, 0) is 9.47 Å². The Morgan fingerprint density at radius 1 is 1.05 bits per heavy atom. The molecule has 2 bridgehead atoms. The van der Waals surface area contributed by atoms with Crippen LogP contribution in [0.2, 0.25) is 0 Å². The van der Waals surface area contributed by atoms with Gasteiger partial charge in [0, 0.05) is 30.6 Å².